The highest BCUT2D eigenvalue weighted by atomic mass is 35.5. The maximum atomic E-state index is 12.0. The Bertz CT molecular complexity index is 620. The molecule has 2 heterocycles. The zero-order valence-electron chi connectivity index (χ0n) is 10.0. The summed E-state index contributed by atoms with van der Waals surface area (Å²) in [4.78, 5) is 13.6. The first-order valence-corrected chi connectivity index (χ1v) is 6.31. The van der Waals surface area contributed by atoms with Gasteiger partial charge < -0.3 is 10.0 Å². The number of benzene rings is 1. The molecule has 1 amide bonds. The molecule has 1 aromatic carbocycles. The Kier molecular flexibility index (Phi) is 3.00. The van der Waals surface area contributed by atoms with Crippen LogP contribution in [0.1, 0.15) is 10.5 Å². The Morgan fingerprint density at radius 2 is 2.05 bits per heavy atom. The minimum absolute atomic E-state index is 0.170. The van der Waals surface area contributed by atoms with E-state index < -0.39 is 6.10 Å². The van der Waals surface area contributed by atoms with Crippen molar-refractivity contribution in [3.05, 3.63) is 47.2 Å². The molecule has 1 aromatic heterocycles. The van der Waals surface area contributed by atoms with Gasteiger partial charge in [0.25, 0.3) is 5.91 Å². The summed E-state index contributed by atoms with van der Waals surface area (Å²) in [6, 6.07) is 8.94. The van der Waals surface area contributed by atoms with Crippen molar-refractivity contribution >= 4 is 17.5 Å². The monoisotopic (exact) mass is 277 g/mol. The van der Waals surface area contributed by atoms with Crippen molar-refractivity contribution in [2.24, 2.45) is 0 Å². The van der Waals surface area contributed by atoms with Gasteiger partial charge in [-0.25, -0.2) is 4.68 Å². The number of halogens is 1. The van der Waals surface area contributed by atoms with E-state index in [2.05, 4.69) is 5.10 Å². The predicted octanol–water partition coefficient (Wildman–Crippen LogP) is 1.34. The fourth-order valence-corrected chi connectivity index (χ4v) is 2.22. The van der Waals surface area contributed by atoms with Gasteiger partial charge in [-0.15, -0.1) is 0 Å². The molecule has 1 aliphatic heterocycles. The number of amides is 1. The number of nitrogens with zero attached hydrogens (tertiary/aromatic N) is 3. The quantitative estimate of drug-likeness (QED) is 0.901. The van der Waals surface area contributed by atoms with Crippen LogP contribution in [0.5, 0.6) is 0 Å². The van der Waals surface area contributed by atoms with Crippen molar-refractivity contribution in [3.8, 4) is 5.69 Å². The molecule has 1 N–H and O–H groups in total. The third-order valence-electron chi connectivity index (χ3n) is 3.06. The summed E-state index contributed by atoms with van der Waals surface area (Å²) in [5.41, 5.74) is 1.08. The van der Waals surface area contributed by atoms with Gasteiger partial charge in [0.1, 0.15) is 0 Å². The number of carbonyl (C=O) groups is 1. The Labute approximate surface area is 115 Å². The number of aliphatic hydroxyl groups is 1. The average Bonchev–Trinajstić information content (AvgIpc) is 2.84. The molecule has 1 fully saturated rings. The van der Waals surface area contributed by atoms with E-state index in [1.807, 2.05) is 18.2 Å². The van der Waals surface area contributed by atoms with Gasteiger partial charge >= 0.3 is 0 Å². The standard InChI is InChI=1S/C13H12ClN3O2/c14-10-3-1-2-4-12(10)17-6-5-11(15-17)13(19)16-7-9(18)8-16/h1-6,9,18H,7-8H2. The van der Waals surface area contributed by atoms with Crippen LogP contribution in [0.15, 0.2) is 36.5 Å². The fraction of sp³-hybridized carbons (Fsp3) is 0.231. The van der Waals surface area contributed by atoms with Crippen LogP contribution in [0.3, 0.4) is 0 Å². The number of hydrogen-bond donors (Lipinski definition) is 1. The average molecular weight is 278 g/mol. The van der Waals surface area contributed by atoms with Gasteiger partial charge in [-0.05, 0) is 18.2 Å². The summed E-state index contributed by atoms with van der Waals surface area (Å²) in [5.74, 6) is -0.170. The highest BCUT2D eigenvalue weighted by Crippen LogP contribution is 2.20. The number of para-hydroxylation sites is 1. The number of carbonyl (C=O) groups excluding carboxylic acids is 1. The largest absolute Gasteiger partial charge is 0.389 e. The van der Waals surface area contributed by atoms with E-state index in [1.54, 1.807) is 27.9 Å². The molecule has 0 radical (unpaired) electrons. The second-order valence-electron chi connectivity index (χ2n) is 4.46. The Morgan fingerprint density at radius 1 is 1.32 bits per heavy atom. The minimum atomic E-state index is -0.408. The first-order valence-electron chi connectivity index (χ1n) is 5.93. The van der Waals surface area contributed by atoms with Gasteiger partial charge in [-0.1, -0.05) is 23.7 Å². The molecule has 19 heavy (non-hydrogen) atoms. The normalized spacial score (nSPS) is 15.4. The smallest absolute Gasteiger partial charge is 0.274 e. The Hall–Kier alpha value is -1.85. The molecule has 0 saturated carbocycles. The first-order chi connectivity index (χ1) is 9.15. The molecule has 0 atom stereocenters. The van der Waals surface area contributed by atoms with Crippen molar-refractivity contribution in [2.45, 2.75) is 6.10 Å². The van der Waals surface area contributed by atoms with Gasteiger partial charge in [-0.3, -0.25) is 4.79 Å². The van der Waals surface area contributed by atoms with Crippen LogP contribution in [0, 0.1) is 0 Å². The minimum Gasteiger partial charge on any atom is -0.389 e. The SMILES string of the molecule is O=C(c1ccn(-c2ccccc2Cl)n1)N1CC(O)C1. The summed E-state index contributed by atoms with van der Waals surface area (Å²) in [6.45, 7) is 0.746. The van der Waals surface area contributed by atoms with E-state index in [0.29, 0.717) is 23.8 Å². The lowest BCUT2D eigenvalue weighted by molar-refractivity contribution is 0.00547. The molecule has 1 saturated heterocycles. The summed E-state index contributed by atoms with van der Waals surface area (Å²) < 4.78 is 1.58. The predicted molar refractivity (Wildman–Crippen MR) is 70.5 cm³/mol. The lowest BCUT2D eigenvalue weighted by Crippen LogP contribution is -2.53. The molecular formula is C13H12ClN3O2. The van der Waals surface area contributed by atoms with Crippen molar-refractivity contribution < 1.29 is 9.90 Å². The van der Waals surface area contributed by atoms with Crippen LogP contribution in [0.4, 0.5) is 0 Å². The van der Waals surface area contributed by atoms with Gasteiger partial charge in [0.15, 0.2) is 5.69 Å². The zero-order valence-corrected chi connectivity index (χ0v) is 10.8. The highest BCUT2D eigenvalue weighted by Gasteiger charge is 2.30. The third-order valence-corrected chi connectivity index (χ3v) is 3.38. The van der Waals surface area contributed by atoms with Crippen LogP contribution in [0.2, 0.25) is 5.02 Å². The van der Waals surface area contributed by atoms with Gasteiger partial charge in [-0.2, -0.15) is 5.10 Å². The molecule has 5 nitrogen and oxygen atoms in total. The lowest BCUT2D eigenvalue weighted by Gasteiger charge is -2.35. The van der Waals surface area contributed by atoms with E-state index in [4.69, 9.17) is 11.6 Å². The molecule has 3 rings (SSSR count). The molecular weight excluding hydrogens is 266 g/mol. The molecule has 0 aliphatic carbocycles. The van der Waals surface area contributed by atoms with E-state index in [9.17, 15) is 9.90 Å². The number of hydrogen-bond acceptors (Lipinski definition) is 3. The fourth-order valence-electron chi connectivity index (χ4n) is 1.99. The molecule has 0 bridgehead atoms. The van der Waals surface area contributed by atoms with Crippen LogP contribution in [-0.4, -0.2) is 44.9 Å². The zero-order chi connectivity index (χ0) is 13.4. The molecule has 1 aliphatic rings. The molecule has 0 spiro atoms. The summed E-state index contributed by atoms with van der Waals surface area (Å²) >= 11 is 6.08. The van der Waals surface area contributed by atoms with Crippen molar-refractivity contribution in [2.75, 3.05) is 13.1 Å². The van der Waals surface area contributed by atoms with Gasteiger partial charge in [0, 0.05) is 19.3 Å². The van der Waals surface area contributed by atoms with Crippen molar-refractivity contribution in [1.29, 1.82) is 0 Å². The van der Waals surface area contributed by atoms with Crippen molar-refractivity contribution in [1.82, 2.24) is 14.7 Å². The Balaban J connectivity index is 1.84. The second-order valence-corrected chi connectivity index (χ2v) is 4.87. The number of rotatable bonds is 2. The number of aromatic nitrogens is 2. The van der Waals surface area contributed by atoms with Gasteiger partial charge in [0.05, 0.1) is 16.8 Å². The molecule has 0 unspecified atom stereocenters. The van der Waals surface area contributed by atoms with Crippen LogP contribution in [0.25, 0.3) is 5.69 Å². The topological polar surface area (TPSA) is 58.4 Å². The first kappa shape index (κ1) is 12.2. The second kappa shape index (κ2) is 4.68. The number of likely N-dealkylation sites (tertiary alicyclic amines) is 1. The Morgan fingerprint density at radius 3 is 2.74 bits per heavy atom. The summed E-state index contributed by atoms with van der Waals surface area (Å²) in [7, 11) is 0. The number of β-amino-alcohol motifs (C(OH)–C–C–N with tert-alkyl or cyclic N) is 1. The van der Waals surface area contributed by atoms with E-state index >= 15 is 0 Å². The van der Waals surface area contributed by atoms with Gasteiger partial charge in [0.2, 0.25) is 0 Å². The third kappa shape index (κ3) is 2.22. The van der Waals surface area contributed by atoms with E-state index in [1.165, 1.54) is 0 Å². The highest BCUT2D eigenvalue weighted by molar-refractivity contribution is 6.32. The van der Waals surface area contributed by atoms with Crippen LogP contribution < -0.4 is 0 Å². The molecule has 98 valence electrons. The van der Waals surface area contributed by atoms with Crippen LogP contribution in [-0.2, 0) is 0 Å². The maximum absolute atomic E-state index is 12.0. The summed E-state index contributed by atoms with van der Waals surface area (Å²) in [6.07, 6.45) is 1.29. The van der Waals surface area contributed by atoms with E-state index in [0.717, 1.165) is 5.69 Å². The number of aliphatic hydroxyl groups excluding tert-OH is 1. The van der Waals surface area contributed by atoms with Crippen molar-refractivity contribution in [3.63, 3.8) is 0 Å². The van der Waals surface area contributed by atoms with Crippen LogP contribution >= 0.6 is 11.6 Å². The summed E-state index contributed by atoms with van der Waals surface area (Å²) in [5, 5.41) is 14.0. The maximum Gasteiger partial charge on any atom is 0.274 e. The van der Waals surface area contributed by atoms with E-state index in [-0.39, 0.29) is 5.91 Å². The molecule has 6 heteroatoms. The lowest BCUT2D eigenvalue weighted by atomic mass is 10.1. The molecule has 2 aromatic rings.